The van der Waals surface area contributed by atoms with Crippen molar-refractivity contribution in [3.8, 4) is 0 Å². The number of benzene rings is 1. The zero-order chi connectivity index (χ0) is 11.5. The van der Waals surface area contributed by atoms with Crippen LogP contribution in [0.5, 0.6) is 0 Å². The van der Waals surface area contributed by atoms with E-state index in [-0.39, 0.29) is 11.4 Å². The standard InChI is InChI=1S/C12H19FN2/c1-4-15(9-12(2,3)14)11-7-5-6-10(13)8-11/h5-8H,4,9,14H2,1-3H3. The quantitative estimate of drug-likeness (QED) is 0.826. The minimum Gasteiger partial charge on any atom is -0.370 e. The van der Waals surface area contributed by atoms with Gasteiger partial charge in [0.2, 0.25) is 0 Å². The van der Waals surface area contributed by atoms with E-state index in [9.17, 15) is 4.39 Å². The van der Waals surface area contributed by atoms with Gasteiger partial charge in [0.05, 0.1) is 0 Å². The summed E-state index contributed by atoms with van der Waals surface area (Å²) in [5.74, 6) is -0.208. The van der Waals surface area contributed by atoms with Crippen molar-refractivity contribution in [3.05, 3.63) is 30.1 Å². The zero-order valence-electron chi connectivity index (χ0n) is 9.63. The Labute approximate surface area is 90.9 Å². The first-order valence-electron chi connectivity index (χ1n) is 5.22. The molecule has 0 unspecified atom stereocenters. The summed E-state index contributed by atoms with van der Waals surface area (Å²) in [6.45, 7) is 7.51. The fraction of sp³-hybridized carbons (Fsp3) is 0.500. The monoisotopic (exact) mass is 210 g/mol. The molecule has 2 N–H and O–H groups in total. The molecule has 0 radical (unpaired) electrons. The summed E-state index contributed by atoms with van der Waals surface area (Å²) in [4.78, 5) is 2.07. The predicted molar refractivity (Wildman–Crippen MR) is 62.6 cm³/mol. The van der Waals surface area contributed by atoms with Gasteiger partial charge in [0.1, 0.15) is 5.82 Å². The van der Waals surface area contributed by atoms with Crippen molar-refractivity contribution in [1.29, 1.82) is 0 Å². The molecular formula is C12H19FN2. The third kappa shape index (κ3) is 3.88. The lowest BCUT2D eigenvalue weighted by molar-refractivity contribution is 0.508. The summed E-state index contributed by atoms with van der Waals surface area (Å²) in [6, 6.07) is 6.61. The largest absolute Gasteiger partial charge is 0.370 e. The molecule has 1 aromatic rings. The predicted octanol–water partition coefficient (Wildman–Crippen LogP) is 2.39. The normalized spacial score (nSPS) is 11.5. The Kier molecular flexibility index (Phi) is 3.69. The van der Waals surface area contributed by atoms with E-state index in [1.807, 2.05) is 26.8 Å². The molecule has 2 nitrogen and oxygen atoms in total. The third-order valence-electron chi connectivity index (χ3n) is 2.15. The molecule has 84 valence electrons. The second-order valence-corrected chi connectivity index (χ2v) is 4.48. The smallest absolute Gasteiger partial charge is 0.125 e. The van der Waals surface area contributed by atoms with Crippen molar-refractivity contribution < 1.29 is 4.39 Å². The lowest BCUT2D eigenvalue weighted by Crippen LogP contribution is -2.45. The Balaban J connectivity index is 2.83. The van der Waals surface area contributed by atoms with Crippen LogP contribution in [0.2, 0.25) is 0 Å². The first kappa shape index (κ1) is 12.0. The van der Waals surface area contributed by atoms with E-state index in [1.54, 1.807) is 6.07 Å². The molecule has 0 heterocycles. The molecule has 0 saturated carbocycles. The van der Waals surface area contributed by atoms with E-state index in [0.717, 1.165) is 12.2 Å². The van der Waals surface area contributed by atoms with E-state index < -0.39 is 0 Å². The number of nitrogens with two attached hydrogens (primary N) is 1. The fourth-order valence-electron chi connectivity index (χ4n) is 1.55. The Morgan fingerprint density at radius 3 is 2.53 bits per heavy atom. The molecule has 1 rings (SSSR count). The summed E-state index contributed by atoms with van der Waals surface area (Å²) in [6.07, 6.45) is 0. The molecule has 1 aromatic carbocycles. The number of nitrogens with zero attached hydrogens (tertiary/aromatic N) is 1. The molecular weight excluding hydrogens is 191 g/mol. The van der Waals surface area contributed by atoms with Crippen molar-refractivity contribution in [2.24, 2.45) is 5.73 Å². The first-order chi connectivity index (χ1) is 6.92. The topological polar surface area (TPSA) is 29.3 Å². The third-order valence-corrected chi connectivity index (χ3v) is 2.15. The van der Waals surface area contributed by atoms with Crippen LogP contribution in [0.3, 0.4) is 0 Å². The number of anilines is 1. The van der Waals surface area contributed by atoms with Crippen molar-refractivity contribution in [1.82, 2.24) is 0 Å². The van der Waals surface area contributed by atoms with E-state index in [4.69, 9.17) is 5.73 Å². The van der Waals surface area contributed by atoms with E-state index in [0.29, 0.717) is 6.54 Å². The average molecular weight is 210 g/mol. The van der Waals surface area contributed by atoms with Crippen LogP contribution in [0.25, 0.3) is 0 Å². The highest BCUT2D eigenvalue weighted by molar-refractivity contribution is 5.46. The highest BCUT2D eigenvalue weighted by atomic mass is 19.1. The summed E-state index contributed by atoms with van der Waals surface area (Å²) >= 11 is 0. The minimum atomic E-state index is -0.275. The van der Waals surface area contributed by atoms with Crippen molar-refractivity contribution in [2.45, 2.75) is 26.3 Å². The molecule has 0 aromatic heterocycles. The highest BCUT2D eigenvalue weighted by Gasteiger charge is 2.16. The van der Waals surface area contributed by atoms with Crippen LogP contribution in [0, 0.1) is 5.82 Å². The second kappa shape index (κ2) is 4.62. The lowest BCUT2D eigenvalue weighted by Gasteiger charge is -2.30. The fourth-order valence-corrected chi connectivity index (χ4v) is 1.55. The minimum absolute atomic E-state index is 0.208. The molecule has 0 atom stereocenters. The summed E-state index contributed by atoms with van der Waals surface area (Å²) in [5, 5.41) is 0. The van der Waals surface area contributed by atoms with Gasteiger partial charge in [-0.3, -0.25) is 0 Å². The van der Waals surface area contributed by atoms with Gasteiger partial charge in [0.25, 0.3) is 0 Å². The van der Waals surface area contributed by atoms with Gasteiger partial charge in [0.15, 0.2) is 0 Å². The van der Waals surface area contributed by atoms with E-state index >= 15 is 0 Å². The van der Waals surface area contributed by atoms with Crippen molar-refractivity contribution >= 4 is 5.69 Å². The number of likely N-dealkylation sites (N-methyl/N-ethyl adjacent to an activating group) is 1. The SMILES string of the molecule is CCN(CC(C)(C)N)c1cccc(F)c1. The van der Waals surface area contributed by atoms with E-state index in [1.165, 1.54) is 12.1 Å². The van der Waals surface area contributed by atoms with Gasteiger partial charge in [-0.15, -0.1) is 0 Å². The lowest BCUT2D eigenvalue weighted by atomic mass is 10.1. The summed E-state index contributed by atoms with van der Waals surface area (Å²) in [7, 11) is 0. The first-order valence-corrected chi connectivity index (χ1v) is 5.22. The number of hydrogen-bond donors (Lipinski definition) is 1. The van der Waals surface area contributed by atoms with Crippen LogP contribution in [0.1, 0.15) is 20.8 Å². The summed E-state index contributed by atoms with van der Waals surface area (Å²) < 4.78 is 13.0. The molecule has 3 heteroatoms. The second-order valence-electron chi connectivity index (χ2n) is 4.48. The van der Waals surface area contributed by atoms with Crippen LogP contribution < -0.4 is 10.6 Å². The van der Waals surface area contributed by atoms with E-state index in [2.05, 4.69) is 4.90 Å². The van der Waals surface area contributed by atoms with Gasteiger partial charge in [-0.2, -0.15) is 0 Å². The molecule has 0 saturated heterocycles. The molecule has 0 aliphatic carbocycles. The Bertz CT molecular complexity index is 318. The van der Waals surface area contributed by atoms with Crippen LogP contribution in [0.15, 0.2) is 24.3 Å². The molecule has 0 aliphatic heterocycles. The number of rotatable bonds is 4. The van der Waals surface area contributed by atoms with Gasteiger partial charge < -0.3 is 10.6 Å². The summed E-state index contributed by atoms with van der Waals surface area (Å²) in [5.41, 5.74) is 6.56. The Morgan fingerprint density at radius 1 is 1.40 bits per heavy atom. The van der Waals surface area contributed by atoms with Gasteiger partial charge in [-0.1, -0.05) is 6.07 Å². The van der Waals surface area contributed by atoms with Gasteiger partial charge in [-0.05, 0) is 39.0 Å². The maximum Gasteiger partial charge on any atom is 0.125 e. The van der Waals surface area contributed by atoms with Gasteiger partial charge >= 0.3 is 0 Å². The molecule has 0 fully saturated rings. The van der Waals surface area contributed by atoms with Gasteiger partial charge in [-0.25, -0.2) is 4.39 Å². The van der Waals surface area contributed by atoms with Crippen molar-refractivity contribution in [3.63, 3.8) is 0 Å². The van der Waals surface area contributed by atoms with Gasteiger partial charge in [0, 0.05) is 24.3 Å². The molecule has 0 aliphatic rings. The molecule has 0 bridgehead atoms. The molecule has 0 amide bonds. The van der Waals surface area contributed by atoms with Crippen LogP contribution in [0.4, 0.5) is 10.1 Å². The number of halogens is 1. The van der Waals surface area contributed by atoms with Crippen LogP contribution in [-0.4, -0.2) is 18.6 Å². The number of hydrogen-bond acceptors (Lipinski definition) is 2. The van der Waals surface area contributed by atoms with Crippen molar-refractivity contribution in [2.75, 3.05) is 18.0 Å². The maximum absolute atomic E-state index is 13.0. The molecule has 15 heavy (non-hydrogen) atoms. The Morgan fingerprint density at radius 2 is 2.07 bits per heavy atom. The van der Waals surface area contributed by atoms with Crippen LogP contribution >= 0.6 is 0 Å². The average Bonchev–Trinajstić information content (AvgIpc) is 2.13. The molecule has 0 spiro atoms. The maximum atomic E-state index is 13.0. The highest BCUT2D eigenvalue weighted by Crippen LogP contribution is 2.17. The van der Waals surface area contributed by atoms with Crippen LogP contribution in [-0.2, 0) is 0 Å². The zero-order valence-corrected chi connectivity index (χ0v) is 9.63. The Hall–Kier alpha value is -1.09.